The van der Waals surface area contributed by atoms with Crippen molar-refractivity contribution in [1.29, 1.82) is 0 Å². The van der Waals surface area contributed by atoms with Crippen LogP contribution in [0.1, 0.15) is 15.6 Å². The average molecular weight is 371 g/mol. The van der Waals surface area contributed by atoms with E-state index >= 15 is 0 Å². The Balaban J connectivity index is 1.40. The molecule has 134 valence electrons. The molecule has 8 heteroatoms. The van der Waals surface area contributed by atoms with Gasteiger partial charge in [0.1, 0.15) is 18.1 Å². The zero-order chi connectivity index (χ0) is 17.9. The van der Waals surface area contributed by atoms with Gasteiger partial charge in [0.05, 0.1) is 0 Å². The van der Waals surface area contributed by atoms with Gasteiger partial charge in [0, 0.05) is 31.0 Å². The Morgan fingerprint density at radius 3 is 2.88 bits per heavy atom. The van der Waals surface area contributed by atoms with Gasteiger partial charge < -0.3 is 18.9 Å². The third-order valence-electron chi connectivity index (χ3n) is 4.00. The van der Waals surface area contributed by atoms with Crippen molar-refractivity contribution in [2.45, 2.75) is 6.42 Å². The van der Waals surface area contributed by atoms with Gasteiger partial charge in [0.25, 0.3) is 5.91 Å². The molecule has 26 heavy (non-hydrogen) atoms. The summed E-state index contributed by atoms with van der Waals surface area (Å²) in [7, 11) is 1.74. The number of carbonyl (C=O) groups is 1. The van der Waals surface area contributed by atoms with E-state index in [1.54, 1.807) is 17.3 Å². The lowest BCUT2D eigenvalue weighted by molar-refractivity contribution is 0.0790. The number of hydrogen-bond donors (Lipinski definition) is 0. The summed E-state index contributed by atoms with van der Waals surface area (Å²) in [5, 5.41) is 5.80. The average Bonchev–Trinajstić information content (AvgIpc) is 3.33. The van der Waals surface area contributed by atoms with Crippen molar-refractivity contribution in [3.05, 3.63) is 46.5 Å². The molecule has 1 amide bonds. The molecule has 0 radical (unpaired) electrons. The quantitative estimate of drug-likeness (QED) is 0.686. The Hall–Kier alpha value is -2.87. The summed E-state index contributed by atoms with van der Waals surface area (Å²) in [6.07, 6.45) is 0.479. The molecule has 0 N–H and O–H groups in total. The number of hydrogen-bond acceptors (Lipinski definition) is 7. The molecule has 1 aliphatic heterocycles. The van der Waals surface area contributed by atoms with E-state index in [0.29, 0.717) is 54.3 Å². The maximum atomic E-state index is 12.7. The lowest BCUT2D eigenvalue weighted by Gasteiger charge is -2.19. The normalized spacial score (nSPS) is 12.8. The van der Waals surface area contributed by atoms with Crippen LogP contribution in [0.5, 0.6) is 11.5 Å². The first kappa shape index (κ1) is 16.6. The van der Waals surface area contributed by atoms with Crippen LogP contribution in [-0.4, -0.2) is 47.8 Å². The molecule has 4 rings (SSSR count). The zero-order valence-corrected chi connectivity index (χ0v) is 15.0. The van der Waals surface area contributed by atoms with Crippen LogP contribution in [0, 0.1) is 0 Å². The van der Waals surface area contributed by atoms with Gasteiger partial charge in [-0.15, -0.1) is 11.3 Å². The molecule has 1 aliphatic rings. The summed E-state index contributed by atoms with van der Waals surface area (Å²) in [6, 6.07) is 9.62. The van der Waals surface area contributed by atoms with E-state index in [0.717, 1.165) is 5.56 Å². The highest BCUT2D eigenvalue weighted by Crippen LogP contribution is 2.39. The second-order valence-electron chi connectivity index (χ2n) is 5.81. The third-order valence-corrected chi connectivity index (χ3v) is 4.93. The zero-order valence-electron chi connectivity index (χ0n) is 14.2. The Bertz CT molecular complexity index is 906. The highest BCUT2D eigenvalue weighted by Gasteiger charge is 2.25. The van der Waals surface area contributed by atoms with Gasteiger partial charge in [-0.1, -0.05) is 35.5 Å². The van der Waals surface area contributed by atoms with E-state index < -0.39 is 0 Å². The van der Waals surface area contributed by atoms with Crippen LogP contribution in [0.2, 0.25) is 0 Å². The van der Waals surface area contributed by atoms with Gasteiger partial charge in [-0.2, -0.15) is 4.98 Å². The minimum Gasteiger partial charge on any atom is -0.485 e. The molecule has 2 aromatic heterocycles. The number of benzene rings is 1. The van der Waals surface area contributed by atoms with Crippen molar-refractivity contribution < 1.29 is 18.8 Å². The Labute approximate surface area is 154 Å². The highest BCUT2D eigenvalue weighted by atomic mass is 32.1. The number of rotatable bonds is 5. The first-order chi connectivity index (χ1) is 12.7. The maximum absolute atomic E-state index is 12.7. The molecular formula is C18H17N3O4S. The molecule has 0 fully saturated rings. The molecule has 0 aliphatic carbocycles. The van der Waals surface area contributed by atoms with Crippen molar-refractivity contribution >= 4 is 17.2 Å². The number of amides is 1. The number of fused-ring (bicyclic) bond motifs is 1. The first-order valence-corrected chi connectivity index (χ1v) is 9.11. The summed E-state index contributed by atoms with van der Waals surface area (Å²) in [5.41, 5.74) is 0.897. The SMILES string of the molecule is CN(CCc1nc(-c2ccccc2)no1)C(=O)c1scc2c1OCCO2. The smallest absolute Gasteiger partial charge is 0.267 e. The number of aromatic nitrogens is 2. The Kier molecular flexibility index (Phi) is 4.57. The van der Waals surface area contributed by atoms with Crippen LogP contribution in [0.3, 0.4) is 0 Å². The number of thiophene rings is 1. The van der Waals surface area contributed by atoms with Crippen LogP contribution in [-0.2, 0) is 6.42 Å². The van der Waals surface area contributed by atoms with E-state index in [1.165, 1.54) is 11.3 Å². The number of carbonyl (C=O) groups excluding carboxylic acids is 1. The molecule has 0 bridgehead atoms. The summed E-state index contributed by atoms with van der Waals surface area (Å²) >= 11 is 1.33. The molecule has 3 heterocycles. The van der Waals surface area contributed by atoms with Crippen molar-refractivity contribution in [3.63, 3.8) is 0 Å². The molecule has 3 aromatic rings. The van der Waals surface area contributed by atoms with E-state index in [1.807, 2.05) is 30.3 Å². The fourth-order valence-corrected chi connectivity index (χ4v) is 3.53. The van der Waals surface area contributed by atoms with E-state index in [2.05, 4.69) is 10.1 Å². The van der Waals surface area contributed by atoms with Crippen LogP contribution in [0.15, 0.2) is 40.2 Å². The monoisotopic (exact) mass is 371 g/mol. The Morgan fingerprint density at radius 1 is 1.23 bits per heavy atom. The van der Waals surface area contributed by atoms with Crippen LogP contribution in [0.4, 0.5) is 0 Å². The summed E-state index contributed by atoms with van der Waals surface area (Å²) in [5.74, 6) is 2.12. The van der Waals surface area contributed by atoms with Crippen LogP contribution in [0.25, 0.3) is 11.4 Å². The maximum Gasteiger partial charge on any atom is 0.267 e. The Morgan fingerprint density at radius 2 is 2.04 bits per heavy atom. The predicted molar refractivity (Wildman–Crippen MR) is 95.7 cm³/mol. The lowest BCUT2D eigenvalue weighted by atomic mass is 10.2. The summed E-state index contributed by atoms with van der Waals surface area (Å²) < 4.78 is 16.4. The van der Waals surface area contributed by atoms with Crippen molar-refractivity contribution in [3.8, 4) is 22.9 Å². The van der Waals surface area contributed by atoms with Gasteiger partial charge in [-0.3, -0.25) is 4.79 Å². The topological polar surface area (TPSA) is 77.7 Å². The standard InChI is InChI=1S/C18H17N3O4S/c1-21(18(22)16-15-13(11-26-16)23-9-10-24-15)8-7-14-19-17(20-25-14)12-5-3-2-4-6-12/h2-6,11H,7-10H2,1H3. The molecule has 0 saturated carbocycles. The second-order valence-corrected chi connectivity index (χ2v) is 6.69. The van der Waals surface area contributed by atoms with Gasteiger partial charge in [0.2, 0.25) is 11.7 Å². The van der Waals surface area contributed by atoms with Gasteiger partial charge in [-0.05, 0) is 0 Å². The van der Waals surface area contributed by atoms with Crippen molar-refractivity contribution in [2.75, 3.05) is 26.8 Å². The molecule has 0 spiro atoms. The van der Waals surface area contributed by atoms with Gasteiger partial charge in [-0.25, -0.2) is 0 Å². The molecule has 0 saturated heterocycles. The van der Waals surface area contributed by atoms with Crippen LogP contribution >= 0.6 is 11.3 Å². The minimum atomic E-state index is -0.107. The number of likely N-dealkylation sites (N-methyl/N-ethyl adjacent to an activating group) is 1. The van der Waals surface area contributed by atoms with Gasteiger partial charge >= 0.3 is 0 Å². The van der Waals surface area contributed by atoms with Crippen LogP contribution < -0.4 is 9.47 Å². The van der Waals surface area contributed by atoms with E-state index in [4.69, 9.17) is 14.0 Å². The molecule has 0 unspecified atom stereocenters. The largest absolute Gasteiger partial charge is 0.485 e. The fourth-order valence-electron chi connectivity index (χ4n) is 2.61. The number of ether oxygens (including phenoxy) is 2. The summed E-state index contributed by atoms with van der Waals surface area (Å²) in [6.45, 7) is 1.43. The predicted octanol–water partition coefficient (Wildman–Crippen LogP) is 2.88. The lowest BCUT2D eigenvalue weighted by Crippen LogP contribution is -2.29. The van der Waals surface area contributed by atoms with Gasteiger partial charge in [0.15, 0.2) is 11.5 Å². The number of nitrogens with zero attached hydrogens (tertiary/aromatic N) is 3. The second kappa shape index (κ2) is 7.17. The fraction of sp³-hybridized carbons (Fsp3) is 0.278. The minimum absolute atomic E-state index is 0.107. The van der Waals surface area contributed by atoms with Crippen molar-refractivity contribution in [1.82, 2.24) is 15.0 Å². The molecule has 7 nitrogen and oxygen atoms in total. The third kappa shape index (κ3) is 3.28. The highest BCUT2D eigenvalue weighted by molar-refractivity contribution is 7.12. The molecule has 0 atom stereocenters. The summed E-state index contributed by atoms with van der Waals surface area (Å²) in [4.78, 5) is 19.2. The van der Waals surface area contributed by atoms with Crippen molar-refractivity contribution in [2.24, 2.45) is 0 Å². The van der Waals surface area contributed by atoms with E-state index in [-0.39, 0.29) is 5.91 Å². The molecule has 1 aromatic carbocycles. The molecular weight excluding hydrogens is 354 g/mol. The first-order valence-electron chi connectivity index (χ1n) is 8.23. The van der Waals surface area contributed by atoms with E-state index in [9.17, 15) is 4.79 Å².